The standard InChI is InChI=1S/C16H18N2O2/c1-16(2)12-9-18(13(8-17)14(12)16)15(19)20-10-11-6-4-3-5-7-11/h3-7,12-14H,9-10H2,1-2H3/t12?,13-,14+/m1/s1. The summed E-state index contributed by atoms with van der Waals surface area (Å²) in [4.78, 5) is 13.7. The molecule has 0 aromatic heterocycles. The number of piperidine rings is 1. The lowest BCUT2D eigenvalue weighted by Crippen LogP contribution is -2.40. The number of nitriles is 1. The molecule has 1 saturated carbocycles. The quantitative estimate of drug-likeness (QED) is 0.830. The second-order valence-corrected chi connectivity index (χ2v) is 6.22. The van der Waals surface area contributed by atoms with Crippen LogP contribution in [0.25, 0.3) is 0 Å². The molecule has 2 fully saturated rings. The van der Waals surface area contributed by atoms with Crippen molar-refractivity contribution in [2.75, 3.05) is 6.54 Å². The maximum Gasteiger partial charge on any atom is 0.411 e. The zero-order valence-corrected chi connectivity index (χ0v) is 11.7. The van der Waals surface area contributed by atoms with Gasteiger partial charge in [-0.3, -0.25) is 4.90 Å². The Morgan fingerprint density at radius 3 is 2.80 bits per heavy atom. The van der Waals surface area contributed by atoms with E-state index in [1.54, 1.807) is 4.90 Å². The summed E-state index contributed by atoms with van der Waals surface area (Å²) in [6.45, 7) is 5.23. The van der Waals surface area contributed by atoms with Gasteiger partial charge < -0.3 is 4.74 Å². The molecule has 3 rings (SSSR count). The van der Waals surface area contributed by atoms with Gasteiger partial charge in [-0.05, 0) is 16.9 Å². The van der Waals surface area contributed by atoms with Crippen LogP contribution in [-0.4, -0.2) is 23.6 Å². The molecule has 2 aliphatic rings. The fraction of sp³-hybridized carbons (Fsp3) is 0.500. The fourth-order valence-corrected chi connectivity index (χ4v) is 3.42. The number of amides is 1. The van der Waals surface area contributed by atoms with Gasteiger partial charge in [0.05, 0.1) is 6.07 Å². The first-order valence-corrected chi connectivity index (χ1v) is 6.92. The monoisotopic (exact) mass is 270 g/mol. The average Bonchev–Trinajstić information content (AvgIpc) is 2.84. The first kappa shape index (κ1) is 13.0. The highest BCUT2D eigenvalue weighted by atomic mass is 16.6. The normalized spacial score (nSPS) is 29.4. The molecule has 104 valence electrons. The number of carbonyl (C=O) groups excluding carboxylic acids is 1. The zero-order valence-electron chi connectivity index (χ0n) is 11.7. The number of carbonyl (C=O) groups is 1. The van der Waals surface area contributed by atoms with E-state index in [4.69, 9.17) is 4.74 Å². The van der Waals surface area contributed by atoms with Crippen molar-refractivity contribution in [2.45, 2.75) is 26.5 Å². The van der Waals surface area contributed by atoms with Crippen LogP contribution in [0.2, 0.25) is 0 Å². The lowest BCUT2D eigenvalue weighted by atomic mass is 10.0. The number of benzene rings is 1. The third-order valence-corrected chi connectivity index (χ3v) is 4.78. The number of likely N-dealkylation sites (tertiary alicyclic amines) is 1. The molecule has 1 heterocycles. The molecule has 0 spiro atoms. The van der Waals surface area contributed by atoms with Gasteiger partial charge in [-0.1, -0.05) is 44.2 Å². The van der Waals surface area contributed by atoms with E-state index in [0.717, 1.165) is 5.56 Å². The van der Waals surface area contributed by atoms with Gasteiger partial charge in [0.15, 0.2) is 0 Å². The Kier molecular flexibility index (Phi) is 2.93. The van der Waals surface area contributed by atoms with Crippen molar-refractivity contribution >= 4 is 6.09 Å². The molecule has 1 aliphatic carbocycles. The Labute approximate surface area is 118 Å². The molecule has 20 heavy (non-hydrogen) atoms. The zero-order chi connectivity index (χ0) is 14.3. The SMILES string of the molecule is CC1(C)C2CN(C(=O)OCc3ccccc3)[C@H](C#N)[C@H]21. The maximum atomic E-state index is 12.1. The largest absolute Gasteiger partial charge is 0.445 e. The Bertz CT molecular complexity index is 562. The van der Waals surface area contributed by atoms with Gasteiger partial charge in [0.2, 0.25) is 0 Å². The molecule has 3 atom stereocenters. The number of hydrogen-bond acceptors (Lipinski definition) is 3. The summed E-state index contributed by atoms with van der Waals surface area (Å²) in [7, 11) is 0. The van der Waals surface area contributed by atoms with Crippen LogP contribution in [0.15, 0.2) is 30.3 Å². The molecule has 1 amide bonds. The van der Waals surface area contributed by atoms with Crippen molar-refractivity contribution in [1.82, 2.24) is 4.90 Å². The predicted molar refractivity (Wildman–Crippen MR) is 73.5 cm³/mol. The lowest BCUT2D eigenvalue weighted by Gasteiger charge is -2.25. The van der Waals surface area contributed by atoms with Crippen molar-refractivity contribution in [3.63, 3.8) is 0 Å². The van der Waals surface area contributed by atoms with Gasteiger partial charge in [-0.25, -0.2) is 4.79 Å². The third-order valence-electron chi connectivity index (χ3n) is 4.78. The van der Waals surface area contributed by atoms with Crippen LogP contribution in [0, 0.1) is 28.6 Å². The summed E-state index contributed by atoms with van der Waals surface area (Å²) in [6.07, 6.45) is -0.372. The summed E-state index contributed by atoms with van der Waals surface area (Å²) >= 11 is 0. The van der Waals surface area contributed by atoms with Gasteiger partial charge in [-0.2, -0.15) is 5.26 Å². The molecular weight excluding hydrogens is 252 g/mol. The van der Waals surface area contributed by atoms with Crippen molar-refractivity contribution < 1.29 is 9.53 Å². The van der Waals surface area contributed by atoms with Gasteiger partial charge >= 0.3 is 6.09 Å². The van der Waals surface area contributed by atoms with E-state index in [9.17, 15) is 10.1 Å². The maximum absolute atomic E-state index is 12.1. The highest BCUT2D eigenvalue weighted by Crippen LogP contribution is 2.64. The molecule has 1 aliphatic heterocycles. The molecule has 1 aromatic carbocycles. The van der Waals surface area contributed by atoms with Crippen LogP contribution in [0.1, 0.15) is 19.4 Å². The van der Waals surface area contributed by atoms with E-state index in [0.29, 0.717) is 18.4 Å². The summed E-state index contributed by atoms with van der Waals surface area (Å²) in [6, 6.07) is 11.5. The van der Waals surface area contributed by atoms with Crippen LogP contribution in [0.3, 0.4) is 0 Å². The third kappa shape index (κ3) is 1.94. The topological polar surface area (TPSA) is 53.3 Å². The number of ether oxygens (including phenoxy) is 1. The average molecular weight is 270 g/mol. The first-order chi connectivity index (χ1) is 9.55. The molecule has 0 radical (unpaired) electrons. The van der Waals surface area contributed by atoms with Gasteiger partial charge in [0, 0.05) is 12.5 Å². The summed E-state index contributed by atoms with van der Waals surface area (Å²) in [5.41, 5.74) is 1.15. The predicted octanol–water partition coefficient (Wildman–Crippen LogP) is 2.80. The summed E-state index contributed by atoms with van der Waals surface area (Å²) < 4.78 is 5.32. The fourth-order valence-electron chi connectivity index (χ4n) is 3.42. The molecular formula is C16H18N2O2. The van der Waals surface area contributed by atoms with Crippen LogP contribution in [-0.2, 0) is 11.3 Å². The molecule has 0 N–H and O–H groups in total. The number of hydrogen-bond donors (Lipinski definition) is 0. The summed E-state index contributed by atoms with van der Waals surface area (Å²) in [5, 5.41) is 9.30. The van der Waals surface area contributed by atoms with Crippen LogP contribution in [0.5, 0.6) is 0 Å². The summed E-state index contributed by atoms with van der Waals surface area (Å²) in [5.74, 6) is 0.744. The minimum Gasteiger partial charge on any atom is -0.445 e. The highest BCUT2D eigenvalue weighted by molar-refractivity contribution is 5.70. The number of rotatable bonds is 2. The second-order valence-electron chi connectivity index (χ2n) is 6.22. The van der Waals surface area contributed by atoms with E-state index < -0.39 is 0 Å². The van der Waals surface area contributed by atoms with E-state index >= 15 is 0 Å². The Morgan fingerprint density at radius 2 is 2.15 bits per heavy atom. The highest BCUT2D eigenvalue weighted by Gasteiger charge is 2.68. The Hall–Kier alpha value is -2.02. The van der Waals surface area contributed by atoms with E-state index in [2.05, 4.69) is 19.9 Å². The van der Waals surface area contributed by atoms with Gasteiger partial charge in [0.25, 0.3) is 0 Å². The molecule has 0 bridgehead atoms. The second kappa shape index (κ2) is 4.52. The van der Waals surface area contributed by atoms with Crippen molar-refractivity contribution in [1.29, 1.82) is 5.26 Å². The van der Waals surface area contributed by atoms with Crippen LogP contribution >= 0.6 is 0 Å². The molecule has 4 heteroatoms. The Morgan fingerprint density at radius 1 is 1.45 bits per heavy atom. The van der Waals surface area contributed by atoms with Gasteiger partial charge in [0.1, 0.15) is 12.6 Å². The molecule has 1 aromatic rings. The minimum atomic E-state index is -0.372. The van der Waals surface area contributed by atoms with Gasteiger partial charge in [-0.15, -0.1) is 0 Å². The van der Waals surface area contributed by atoms with Crippen molar-refractivity contribution in [3.8, 4) is 6.07 Å². The number of fused-ring (bicyclic) bond motifs is 1. The van der Waals surface area contributed by atoms with Crippen LogP contribution < -0.4 is 0 Å². The van der Waals surface area contributed by atoms with Crippen molar-refractivity contribution in [3.05, 3.63) is 35.9 Å². The number of nitrogens with zero attached hydrogens (tertiary/aromatic N) is 2. The lowest BCUT2D eigenvalue weighted by molar-refractivity contribution is 0.0880. The smallest absolute Gasteiger partial charge is 0.411 e. The van der Waals surface area contributed by atoms with Crippen molar-refractivity contribution in [2.24, 2.45) is 17.3 Å². The first-order valence-electron chi connectivity index (χ1n) is 6.92. The Balaban J connectivity index is 1.61. The minimum absolute atomic E-state index is 0.191. The molecule has 4 nitrogen and oxygen atoms in total. The molecule has 1 saturated heterocycles. The van der Waals surface area contributed by atoms with E-state index in [1.807, 2.05) is 30.3 Å². The molecule has 1 unspecified atom stereocenters. The van der Waals surface area contributed by atoms with E-state index in [-0.39, 0.29) is 24.2 Å². The van der Waals surface area contributed by atoms with E-state index in [1.165, 1.54) is 0 Å². The van der Waals surface area contributed by atoms with Crippen LogP contribution in [0.4, 0.5) is 4.79 Å².